The van der Waals surface area contributed by atoms with Gasteiger partial charge >= 0.3 is 0 Å². The summed E-state index contributed by atoms with van der Waals surface area (Å²) in [6, 6.07) is 5.59. The Labute approximate surface area is 227 Å². The maximum atomic E-state index is 15.8. The number of hydrogen-bond acceptors (Lipinski definition) is 10. The van der Waals surface area contributed by atoms with Crippen LogP contribution in [0.3, 0.4) is 0 Å². The Kier molecular flexibility index (Phi) is 7.51. The Bertz CT molecular complexity index is 1300. The molecule has 1 aromatic carbocycles. The van der Waals surface area contributed by atoms with Crippen LogP contribution in [0.1, 0.15) is 20.8 Å². The van der Waals surface area contributed by atoms with Crippen LogP contribution in [0.25, 0.3) is 11.3 Å². The number of nitrogens with one attached hydrogen (secondary N) is 1. The number of hydrogen-bond donors (Lipinski definition) is 2. The number of rotatable bonds is 5. The first-order chi connectivity index (χ1) is 18.2. The summed E-state index contributed by atoms with van der Waals surface area (Å²) in [5, 5.41) is 3.43. The van der Waals surface area contributed by atoms with Gasteiger partial charge in [-0.15, -0.1) is 0 Å². The molecule has 4 heterocycles. The van der Waals surface area contributed by atoms with E-state index in [9.17, 15) is 0 Å². The monoisotopic (exact) mass is 541 g/mol. The van der Waals surface area contributed by atoms with Crippen molar-refractivity contribution in [3.05, 3.63) is 41.7 Å². The van der Waals surface area contributed by atoms with Crippen molar-refractivity contribution in [1.29, 1.82) is 0 Å². The Morgan fingerprint density at radius 1 is 1.08 bits per heavy atom. The molecule has 5 rings (SSSR count). The number of likely N-dealkylation sites (N-methyl/N-ethyl adjacent to an activating group) is 1. The van der Waals surface area contributed by atoms with Crippen LogP contribution >= 0.6 is 11.6 Å². The van der Waals surface area contributed by atoms with Gasteiger partial charge in [0, 0.05) is 50.0 Å². The molecule has 38 heavy (non-hydrogen) atoms. The Morgan fingerprint density at radius 2 is 1.84 bits per heavy atom. The Balaban J connectivity index is 1.57. The van der Waals surface area contributed by atoms with E-state index in [0.717, 1.165) is 13.1 Å². The second kappa shape index (κ2) is 10.8. The van der Waals surface area contributed by atoms with Crippen LogP contribution in [0.4, 0.5) is 33.2 Å². The lowest BCUT2D eigenvalue weighted by molar-refractivity contribution is 0.0526. The van der Waals surface area contributed by atoms with Crippen LogP contribution in [0.2, 0.25) is 5.15 Å². The van der Waals surface area contributed by atoms with Crippen LogP contribution in [0.15, 0.2) is 30.7 Å². The normalized spacial score (nSPS) is 22.5. The Morgan fingerprint density at radius 3 is 2.58 bits per heavy atom. The van der Waals surface area contributed by atoms with E-state index < -0.39 is 0 Å². The molecule has 0 bridgehead atoms. The second-order valence-electron chi connectivity index (χ2n) is 10.0. The molecule has 2 fully saturated rings. The standard InChI is InChI=1S/C26H33ClFN9O/c1-15-11-37(12-16(2)35(15)4)22-10-19(28)18(9-21(22)33-25-23(29)24(27)31-14-32-25)20-5-6-30-26(34-20)36-7-8-38-17(3)13-36/h5-6,9-10,14-17H,7-8,11-13,29H2,1-4H3,(H,31,32,33)/t15-,16+,17?. The molecular weight excluding hydrogens is 509 g/mol. The number of ether oxygens (including phenoxy) is 1. The first-order valence-electron chi connectivity index (χ1n) is 12.7. The average Bonchev–Trinajstić information content (AvgIpc) is 2.90. The molecule has 0 saturated carbocycles. The van der Waals surface area contributed by atoms with Gasteiger partial charge in [-0.1, -0.05) is 11.6 Å². The lowest BCUT2D eigenvalue weighted by Gasteiger charge is -2.44. The van der Waals surface area contributed by atoms with Gasteiger partial charge in [-0.3, -0.25) is 4.90 Å². The van der Waals surface area contributed by atoms with Crippen LogP contribution < -0.4 is 20.9 Å². The second-order valence-corrected chi connectivity index (χ2v) is 10.4. The van der Waals surface area contributed by atoms with Gasteiger partial charge in [0.2, 0.25) is 5.95 Å². The molecule has 2 saturated heterocycles. The molecule has 10 nitrogen and oxygen atoms in total. The molecule has 2 aromatic heterocycles. The van der Waals surface area contributed by atoms with Crippen LogP contribution in [-0.2, 0) is 4.74 Å². The van der Waals surface area contributed by atoms with Gasteiger partial charge in [-0.05, 0) is 46.0 Å². The molecule has 0 radical (unpaired) electrons. The van der Waals surface area contributed by atoms with Crippen LogP contribution in [0, 0.1) is 5.82 Å². The maximum Gasteiger partial charge on any atom is 0.226 e. The number of anilines is 5. The number of halogens is 2. The molecule has 2 aliphatic rings. The van der Waals surface area contributed by atoms with Crippen molar-refractivity contribution in [2.24, 2.45) is 0 Å². The SMILES string of the molecule is CC1CN(c2nccc(-c3cc(Nc4ncnc(Cl)c4N)c(N4C[C@@H](C)N(C)[C@@H](C)C4)cc3F)n2)CCO1. The zero-order valence-corrected chi connectivity index (χ0v) is 22.8. The number of morpholine rings is 1. The predicted octanol–water partition coefficient (Wildman–Crippen LogP) is 3.81. The van der Waals surface area contributed by atoms with E-state index in [1.54, 1.807) is 24.4 Å². The van der Waals surface area contributed by atoms with Crippen molar-refractivity contribution in [2.75, 3.05) is 60.7 Å². The molecule has 0 spiro atoms. The van der Waals surface area contributed by atoms with Crippen molar-refractivity contribution < 1.29 is 9.13 Å². The van der Waals surface area contributed by atoms with Crippen molar-refractivity contribution in [3.8, 4) is 11.3 Å². The fraction of sp³-hybridized carbons (Fsp3) is 0.462. The summed E-state index contributed by atoms with van der Waals surface area (Å²) < 4.78 is 21.5. The summed E-state index contributed by atoms with van der Waals surface area (Å²) in [6.45, 7) is 9.76. The van der Waals surface area contributed by atoms with Crippen LogP contribution in [-0.4, -0.2) is 82.9 Å². The van der Waals surface area contributed by atoms with E-state index in [1.807, 2.05) is 6.92 Å². The van der Waals surface area contributed by atoms with Crippen molar-refractivity contribution >= 4 is 40.4 Å². The number of nitrogens with zero attached hydrogens (tertiary/aromatic N) is 7. The van der Waals surface area contributed by atoms with Gasteiger partial charge in [0.25, 0.3) is 0 Å². The predicted molar refractivity (Wildman–Crippen MR) is 149 cm³/mol. The Hall–Kier alpha value is -3.28. The summed E-state index contributed by atoms with van der Waals surface area (Å²) in [7, 11) is 2.11. The molecule has 1 unspecified atom stereocenters. The van der Waals surface area contributed by atoms with E-state index in [0.29, 0.717) is 54.1 Å². The van der Waals surface area contributed by atoms with Gasteiger partial charge in [-0.2, -0.15) is 0 Å². The first-order valence-corrected chi connectivity index (χ1v) is 13.1. The molecule has 3 atom stereocenters. The van der Waals surface area contributed by atoms with Gasteiger partial charge < -0.3 is 25.6 Å². The van der Waals surface area contributed by atoms with Crippen molar-refractivity contribution in [2.45, 2.75) is 39.0 Å². The topological polar surface area (TPSA) is 109 Å². The fourth-order valence-electron chi connectivity index (χ4n) is 4.97. The highest BCUT2D eigenvalue weighted by Gasteiger charge is 2.29. The number of aromatic nitrogens is 4. The quantitative estimate of drug-likeness (QED) is 0.463. The average molecular weight is 542 g/mol. The van der Waals surface area contributed by atoms with Crippen molar-refractivity contribution in [3.63, 3.8) is 0 Å². The largest absolute Gasteiger partial charge is 0.393 e. The van der Waals surface area contributed by atoms with Gasteiger partial charge in [0.15, 0.2) is 11.0 Å². The zero-order chi connectivity index (χ0) is 27.0. The van der Waals surface area contributed by atoms with Crippen LogP contribution in [0.5, 0.6) is 0 Å². The molecule has 3 N–H and O–H groups in total. The van der Waals surface area contributed by atoms with E-state index in [-0.39, 0.29) is 34.8 Å². The molecule has 0 amide bonds. The summed E-state index contributed by atoms with van der Waals surface area (Å²) in [5.41, 5.74) is 8.56. The number of nitrogen functional groups attached to an aromatic ring is 1. The molecule has 2 aliphatic heterocycles. The highest BCUT2D eigenvalue weighted by Crippen LogP contribution is 2.38. The smallest absolute Gasteiger partial charge is 0.226 e. The minimum atomic E-state index is -0.376. The molecule has 0 aliphatic carbocycles. The fourth-order valence-corrected chi connectivity index (χ4v) is 5.11. The van der Waals surface area contributed by atoms with E-state index >= 15 is 4.39 Å². The summed E-state index contributed by atoms with van der Waals surface area (Å²) in [6.07, 6.45) is 3.07. The highest BCUT2D eigenvalue weighted by atomic mass is 35.5. The minimum Gasteiger partial charge on any atom is -0.393 e. The number of benzene rings is 1. The van der Waals surface area contributed by atoms with Gasteiger partial charge in [0.1, 0.15) is 17.8 Å². The van der Waals surface area contributed by atoms with E-state index in [2.05, 4.69) is 55.9 Å². The van der Waals surface area contributed by atoms with E-state index in [4.69, 9.17) is 27.1 Å². The third-order valence-electron chi connectivity index (χ3n) is 7.32. The lowest BCUT2D eigenvalue weighted by atomic mass is 10.0. The first kappa shape index (κ1) is 26.3. The molecule has 202 valence electrons. The van der Waals surface area contributed by atoms with Crippen molar-refractivity contribution in [1.82, 2.24) is 24.8 Å². The highest BCUT2D eigenvalue weighted by molar-refractivity contribution is 6.32. The summed E-state index contributed by atoms with van der Waals surface area (Å²) >= 11 is 6.15. The zero-order valence-electron chi connectivity index (χ0n) is 22.0. The lowest BCUT2D eigenvalue weighted by Crippen LogP contribution is -2.55. The molecule has 3 aromatic rings. The minimum absolute atomic E-state index is 0.0707. The van der Waals surface area contributed by atoms with Gasteiger partial charge in [-0.25, -0.2) is 24.3 Å². The summed E-state index contributed by atoms with van der Waals surface area (Å²) in [5.74, 6) is 0.521. The maximum absolute atomic E-state index is 15.8. The third-order valence-corrected chi connectivity index (χ3v) is 7.62. The summed E-state index contributed by atoms with van der Waals surface area (Å²) in [4.78, 5) is 23.9. The number of nitrogens with two attached hydrogens (primary N) is 1. The number of piperazine rings is 1. The third kappa shape index (κ3) is 5.31. The van der Waals surface area contributed by atoms with E-state index in [1.165, 1.54) is 6.33 Å². The van der Waals surface area contributed by atoms with Gasteiger partial charge in [0.05, 0.1) is 29.8 Å². The molecular formula is C26H33ClFN9O. The molecule has 12 heteroatoms.